The van der Waals surface area contributed by atoms with Crippen molar-refractivity contribution in [2.24, 2.45) is 0 Å². The number of benzene rings is 1. The lowest BCUT2D eigenvalue weighted by atomic mass is 10.2. The van der Waals surface area contributed by atoms with E-state index in [0.29, 0.717) is 31.2 Å². The predicted molar refractivity (Wildman–Crippen MR) is 72.2 cm³/mol. The van der Waals surface area contributed by atoms with E-state index in [1.165, 1.54) is 18.4 Å². The van der Waals surface area contributed by atoms with Gasteiger partial charge in [0.2, 0.25) is 5.89 Å². The average Bonchev–Trinajstić information content (AvgIpc) is 2.92. The smallest absolute Gasteiger partial charge is 0.387 e. The third-order valence-electron chi connectivity index (χ3n) is 2.65. The minimum Gasteiger partial charge on any atom is -0.444 e. The Morgan fingerprint density at radius 1 is 1.38 bits per heavy atom. The van der Waals surface area contributed by atoms with Crippen molar-refractivity contribution in [1.29, 1.82) is 0 Å². The molecule has 0 bridgehead atoms. The quantitative estimate of drug-likeness (QED) is 0.759. The van der Waals surface area contributed by atoms with Crippen molar-refractivity contribution >= 4 is 0 Å². The van der Waals surface area contributed by atoms with Crippen LogP contribution < -0.4 is 10.1 Å². The lowest BCUT2D eigenvalue weighted by Gasteiger charge is -2.04. The summed E-state index contributed by atoms with van der Waals surface area (Å²) in [6.07, 6.45) is 1.52. The molecule has 5 nitrogen and oxygen atoms in total. The second-order valence-corrected chi connectivity index (χ2v) is 4.22. The fourth-order valence-corrected chi connectivity index (χ4v) is 1.72. The molecule has 0 unspecified atom stereocenters. The van der Waals surface area contributed by atoms with Crippen LogP contribution >= 0.6 is 0 Å². The number of oxazole rings is 1. The SMILES string of the molecule is COCCNCc1coc(-c2cccc(OC(F)F)c2)n1. The van der Waals surface area contributed by atoms with Crippen LogP contribution in [0.15, 0.2) is 34.9 Å². The van der Waals surface area contributed by atoms with Crippen LogP contribution in [-0.2, 0) is 11.3 Å². The highest BCUT2D eigenvalue weighted by molar-refractivity contribution is 5.56. The van der Waals surface area contributed by atoms with Gasteiger partial charge in [-0.25, -0.2) is 4.98 Å². The van der Waals surface area contributed by atoms with Crippen LogP contribution in [0.25, 0.3) is 11.5 Å². The van der Waals surface area contributed by atoms with Crippen LogP contribution in [0.5, 0.6) is 5.75 Å². The number of ether oxygens (including phenoxy) is 2. The summed E-state index contributed by atoms with van der Waals surface area (Å²) in [5.41, 5.74) is 1.30. The summed E-state index contributed by atoms with van der Waals surface area (Å²) in [6.45, 7) is -1.00. The monoisotopic (exact) mass is 298 g/mol. The van der Waals surface area contributed by atoms with E-state index in [-0.39, 0.29) is 5.75 Å². The van der Waals surface area contributed by atoms with E-state index in [0.717, 1.165) is 5.69 Å². The molecule has 7 heteroatoms. The maximum atomic E-state index is 12.2. The van der Waals surface area contributed by atoms with Gasteiger partial charge in [0.15, 0.2) is 0 Å². The minimum atomic E-state index is -2.86. The van der Waals surface area contributed by atoms with Gasteiger partial charge in [0.1, 0.15) is 12.0 Å². The second kappa shape index (κ2) is 7.70. The van der Waals surface area contributed by atoms with Crippen LogP contribution in [0, 0.1) is 0 Å². The van der Waals surface area contributed by atoms with Gasteiger partial charge in [0, 0.05) is 25.8 Å². The van der Waals surface area contributed by atoms with E-state index in [1.807, 2.05) is 0 Å². The van der Waals surface area contributed by atoms with E-state index < -0.39 is 6.61 Å². The van der Waals surface area contributed by atoms with Gasteiger partial charge in [-0.05, 0) is 18.2 Å². The van der Waals surface area contributed by atoms with Gasteiger partial charge < -0.3 is 19.2 Å². The number of aromatic nitrogens is 1. The highest BCUT2D eigenvalue weighted by Crippen LogP contribution is 2.24. The summed E-state index contributed by atoms with van der Waals surface area (Å²) in [7, 11) is 1.63. The van der Waals surface area contributed by atoms with E-state index in [9.17, 15) is 8.78 Å². The largest absolute Gasteiger partial charge is 0.444 e. The van der Waals surface area contributed by atoms with Crippen molar-refractivity contribution in [3.63, 3.8) is 0 Å². The summed E-state index contributed by atoms with van der Waals surface area (Å²) in [5.74, 6) is 0.429. The molecule has 0 spiro atoms. The Morgan fingerprint density at radius 2 is 2.24 bits per heavy atom. The average molecular weight is 298 g/mol. The second-order valence-electron chi connectivity index (χ2n) is 4.22. The molecule has 0 fully saturated rings. The van der Waals surface area contributed by atoms with E-state index >= 15 is 0 Å². The first-order valence-corrected chi connectivity index (χ1v) is 6.38. The van der Waals surface area contributed by atoms with Gasteiger partial charge >= 0.3 is 6.61 Å². The first-order valence-electron chi connectivity index (χ1n) is 6.38. The molecule has 1 N–H and O–H groups in total. The molecule has 0 aliphatic heterocycles. The molecule has 0 radical (unpaired) electrons. The summed E-state index contributed by atoms with van der Waals surface area (Å²) >= 11 is 0. The van der Waals surface area contributed by atoms with Crippen LogP contribution in [0.3, 0.4) is 0 Å². The first kappa shape index (κ1) is 15.4. The van der Waals surface area contributed by atoms with Gasteiger partial charge in [-0.15, -0.1) is 0 Å². The van der Waals surface area contributed by atoms with Crippen LogP contribution in [0.4, 0.5) is 8.78 Å². The molecule has 0 atom stereocenters. The molecule has 0 aliphatic rings. The summed E-state index contributed by atoms with van der Waals surface area (Å²) in [6, 6.07) is 6.23. The van der Waals surface area contributed by atoms with Gasteiger partial charge in [-0.3, -0.25) is 0 Å². The maximum Gasteiger partial charge on any atom is 0.387 e. The summed E-state index contributed by atoms with van der Waals surface area (Å²) < 4.78 is 39.0. The highest BCUT2D eigenvalue weighted by Gasteiger charge is 2.09. The number of hydrogen-bond donors (Lipinski definition) is 1. The molecule has 2 aromatic rings. The number of nitrogens with one attached hydrogen (secondary N) is 1. The lowest BCUT2D eigenvalue weighted by Crippen LogP contribution is -2.18. The normalized spacial score (nSPS) is 11.0. The van der Waals surface area contributed by atoms with E-state index in [4.69, 9.17) is 9.15 Å². The zero-order valence-electron chi connectivity index (χ0n) is 11.5. The van der Waals surface area contributed by atoms with E-state index in [1.54, 1.807) is 19.2 Å². The first-order chi connectivity index (χ1) is 10.2. The van der Waals surface area contributed by atoms with Crippen molar-refractivity contribution in [2.75, 3.05) is 20.3 Å². The van der Waals surface area contributed by atoms with E-state index in [2.05, 4.69) is 15.0 Å². The Labute approximate surface area is 120 Å². The van der Waals surface area contributed by atoms with Gasteiger partial charge in [0.05, 0.1) is 12.3 Å². The Bertz CT molecular complexity index is 561. The van der Waals surface area contributed by atoms with Crippen molar-refractivity contribution < 1.29 is 22.7 Å². The molecule has 1 aromatic carbocycles. The van der Waals surface area contributed by atoms with Crippen molar-refractivity contribution in [3.8, 4) is 17.2 Å². The maximum absolute atomic E-state index is 12.2. The molecule has 114 valence electrons. The number of nitrogens with zero attached hydrogens (tertiary/aromatic N) is 1. The van der Waals surface area contributed by atoms with Crippen LogP contribution in [0.1, 0.15) is 5.69 Å². The van der Waals surface area contributed by atoms with Gasteiger partial charge in [0.25, 0.3) is 0 Å². The Balaban J connectivity index is 2.00. The standard InChI is InChI=1S/C14H16F2N2O3/c1-19-6-5-17-8-11-9-20-13(18-11)10-3-2-4-12(7-10)21-14(15)16/h2-4,7,9,14,17H,5-6,8H2,1H3. The third-order valence-corrected chi connectivity index (χ3v) is 2.65. The molecule has 0 amide bonds. The molecule has 1 heterocycles. The Hall–Kier alpha value is -1.99. The zero-order valence-corrected chi connectivity index (χ0v) is 11.5. The lowest BCUT2D eigenvalue weighted by molar-refractivity contribution is -0.0498. The Morgan fingerprint density at radius 3 is 3.00 bits per heavy atom. The number of methoxy groups -OCH3 is 1. The number of rotatable bonds is 8. The highest BCUT2D eigenvalue weighted by atomic mass is 19.3. The molecule has 1 aromatic heterocycles. The summed E-state index contributed by atoms with van der Waals surface area (Å²) in [4.78, 5) is 4.29. The Kier molecular flexibility index (Phi) is 5.65. The van der Waals surface area contributed by atoms with Crippen molar-refractivity contribution in [3.05, 3.63) is 36.2 Å². The molecular weight excluding hydrogens is 282 g/mol. The topological polar surface area (TPSA) is 56.5 Å². The number of halogens is 2. The molecule has 21 heavy (non-hydrogen) atoms. The molecule has 2 rings (SSSR count). The van der Waals surface area contributed by atoms with Gasteiger partial charge in [-0.1, -0.05) is 6.07 Å². The predicted octanol–water partition coefficient (Wildman–Crippen LogP) is 2.68. The fourth-order valence-electron chi connectivity index (χ4n) is 1.72. The van der Waals surface area contributed by atoms with Crippen molar-refractivity contribution in [1.82, 2.24) is 10.3 Å². The molecular formula is C14H16F2N2O3. The number of alkyl halides is 2. The zero-order chi connectivity index (χ0) is 15.1. The molecule has 0 aliphatic carbocycles. The summed E-state index contributed by atoms with van der Waals surface area (Å²) in [5, 5.41) is 3.13. The van der Waals surface area contributed by atoms with Crippen molar-refractivity contribution in [2.45, 2.75) is 13.2 Å². The molecule has 0 saturated heterocycles. The van der Waals surface area contributed by atoms with Crippen LogP contribution in [-0.4, -0.2) is 31.9 Å². The third kappa shape index (κ3) is 4.80. The van der Waals surface area contributed by atoms with Gasteiger partial charge in [-0.2, -0.15) is 8.78 Å². The van der Waals surface area contributed by atoms with Crippen LogP contribution in [0.2, 0.25) is 0 Å². The minimum absolute atomic E-state index is 0.0699. The molecule has 0 saturated carbocycles. The number of hydrogen-bond acceptors (Lipinski definition) is 5. The fraction of sp³-hybridized carbons (Fsp3) is 0.357.